The fourth-order valence-electron chi connectivity index (χ4n) is 2.15. The van der Waals surface area contributed by atoms with Crippen LogP contribution in [0.2, 0.25) is 5.02 Å². The normalized spacial score (nSPS) is 15.9. The Morgan fingerprint density at radius 1 is 1.43 bits per heavy atom. The maximum Gasteiger partial charge on any atom is 0.320 e. The number of hydrogen-bond donors (Lipinski definition) is 2. The van der Waals surface area contributed by atoms with Crippen molar-refractivity contribution in [3.63, 3.8) is 0 Å². The molecule has 1 atom stereocenters. The SMILES string of the molecule is O=C(O)C(NCc1nnc(-c2ccccc2Cl)o1)C1CC1. The predicted octanol–water partition coefficient (Wildman–Crippen LogP) is 2.34. The fraction of sp³-hybridized carbons (Fsp3) is 0.357. The Kier molecular flexibility index (Phi) is 3.90. The van der Waals surface area contributed by atoms with E-state index in [0.717, 1.165) is 12.8 Å². The number of halogens is 1. The van der Waals surface area contributed by atoms with Crippen molar-refractivity contribution in [3.8, 4) is 11.5 Å². The van der Waals surface area contributed by atoms with Gasteiger partial charge in [0.05, 0.1) is 17.1 Å². The van der Waals surface area contributed by atoms with E-state index in [4.69, 9.17) is 21.1 Å². The van der Waals surface area contributed by atoms with Crippen molar-refractivity contribution in [1.29, 1.82) is 0 Å². The molecule has 0 amide bonds. The minimum Gasteiger partial charge on any atom is -0.480 e. The second-order valence-corrected chi connectivity index (χ2v) is 5.42. The van der Waals surface area contributed by atoms with Gasteiger partial charge in [0.15, 0.2) is 0 Å². The molecule has 1 unspecified atom stereocenters. The lowest BCUT2D eigenvalue weighted by atomic mass is 10.2. The molecule has 0 bridgehead atoms. The summed E-state index contributed by atoms with van der Waals surface area (Å²) in [6.07, 6.45) is 1.89. The van der Waals surface area contributed by atoms with E-state index in [1.807, 2.05) is 12.1 Å². The molecule has 7 heteroatoms. The zero-order valence-corrected chi connectivity index (χ0v) is 11.9. The average Bonchev–Trinajstić information content (AvgIpc) is 3.18. The van der Waals surface area contributed by atoms with Crippen LogP contribution in [0, 0.1) is 5.92 Å². The Balaban J connectivity index is 1.68. The van der Waals surface area contributed by atoms with Crippen LogP contribution in [0.5, 0.6) is 0 Å². The van der Waals surface area contributed by atoms with Gasteiger partial charge in [0, 0.05) is 0 Å². The molecule has 1 heterocycles. The van der Waals surface area contributed by atoms with Crippen molar-refractivity contribution in [2.75, 3.05) is 0 Å². The summed E-state index contributed by atoms with van der Waals surface area (Å²) in [6.45, 7) is 0.227. The number of carbonyl (C=O) groups is 1. The van der Waals surface area contributed by atoms with Crippen LogP contribution >= 0.6 is 11.6 Å². The largest absolute Gasteiger partial charge is 0.480 e. The standard InChI is InChI=1S/C14H14ClN3O3/c15-10-4-2-1-3-9(10)13-18-17-11(21-13)7-16-12(14(19)20)8-5-6-8/h1-4,8,12,16H,5-7H2,(H,19,20). The summed E-state index contributed by atoms with van der Waals surface area (Å²) in [5.41, 5.74) is 0.662. The van der Waals surface area contributed by atoms with Crippen LogP contribution in [0.3, 0.4) is 0 Å². The van der Waals surface area contributed by atoms with Gasteiger partial charge in [-0.1, -0.05) is 23.7 Å². The van der Waals surface area contributed by atoms with Gasteiger partial charge in [0.1, 0.15) is 6.04 Å². The number of benzene rings is 1. The van der Waals surface area contributed by atoms with E-state index in [0.29, 0.717) is 22.4 Å². The summed E-state index contributed by atoms with van der Waals surface area (Å²) in [4.78, 5) is 11.1. The highest BCUT2D eigenvalue weighted by Gasteiger charge is 2.36. The van der Waals surface area contributed by atoms with Crippen molar-refractivity contribution in [1.82, 2.24) is 15.5 Å². The maximum absolute atomic E-state index is 11.1. The van der Waals surface area contributed by atoms with E-state index in [-0.39, 0.29) is 12.5 Å². The maximum atomic E-state index is 11.1. The highest BCUT2D eigenvalue weighted by molar-refractivity contribution is 6.33. The highest BCUT2D eigenvalue weighted by atomic mass is 35.5. The molecule has 110 valence electrons. The smallest absolute Gasteiger partial charge is 0.320 e. The summed E-state index contributed by atoms with van der Waals surface area (Å²) >= 11 is 6.07. The predicted molar refractivity (Wildman–Crippen MR) is 75.7 cm³/mol. The molecular weight excluding hydrogens is 294 g/mol. The molecule has 1 aliphatic carbocycles. The number of carboxylic acids is 1. The zero-order chi connectivity index (χ0) is 14.8. The van der Waals surface area contributed by atoms with Crippen LogP contribution in [0.15, 0.2) is 28.7 Å². The van der Waals surface area contributed by atoms with Crippen LogP contribution in [-0.4, -0.2) is 27.3 Å². The quantitative estimate of drug-likeness (QED) is 0.851. The Morgan fingerprint density at radius 2 is 2.19 bits per heavy atom. The number of aliphatic carboxylic acids is 1. The highest BCUT2D eigenvalue weighted by Crippen LogP contribution is 2.33. The topological polar surface area (TPSA) is 88.2 Å². The molecule has 0 radical (unpaired) electrons. The van der Waals surface area contributed by atoms with E-state index < -0.39 is 12.0 Å². The van der Waals surface area contributed by atoms with Crippen LogP contribution in [-0.2, 0) is 11.3 Å². The molecule has 1 fully saturated rings. The molecule has 0 aliphatic heterocycles. The molecule has 2 aromatic rings. The Hall–Kier alpha value is -1.92. The second kappa shape index (κ2) is 5.83. The second-order valence-electron chi connectivity index (χ2n) is 5.02. The first-order chi connectivity index (χ1) is 10.1. The number of nitrogens with zero attached hydrogens (tertiary/aromatic N) is 2. The molecule has 6 nitrogen and oxygen atoms in total. The molecule has 1 aromatic carbocycles. The molecular formula is C14H14ClN3O3. The molecule has 1 aliphatic rings. The van der Waals surface area contributed by atoms with Crippen molar-refractivity contribution >= 4 is 17.6 Å². The molecule has 1 aromatic heterocycles. The van der Waals surface area contributed by atoms with Gasteiger partial charge in [0.25, 0.3) is 0 Å². The number of hydrogen-bond acceptors (Lipinski definition) is 5. The number of aromatic nitrogens is 2. The van der Waals surface area contributed by atoms with Crippen molar-refractivity contribution in [2.24, 2.45) is 5.92 Å². The van der Waals surface area contributed by atoms with Crippen LogP contribution < -0.4 is 5.32 Å². The van der Waals surface area contributed by atoms with Gasteiger partial charge >= 0.3 is 5.97 Å². The van der Waals surface area contributed by atoms with E-state index >= 15 is 0 Å². The lowest BCUT2D eigenvalue weighted by Gasteiger charge is -2.11. The molecule has 3 rings (SSSR count). The van der Waals surface area contributed by atoms with E-state index in [1.54, 1.807) is 12.1 Å². The third kappa shape index (κ3) is 3.22. The lowest BCUT2D eigenvalue weighted by Crippen LogP contribution is -2.38. The van der Waals surface area contributed by atoms with Gasteiger partial charge in [-0.05, 0) is 30.9 Å². The van der Waals surface area contributed by atoms with Gasteiger partial charge in [0.2, 0.25) is 11.8 Å². The molecule has 2 N–H and O–H groups in total. The fourth-order valence-corrected chi connectivity index (χ4v) is 2.37. The van der Waals surface area contributed by atoms with E-state index in [2.05, 4.69) is 15.5 Å². The molecule has 0 saturated heterocycles. The summed E-state index contributed by atoms with van der Waals surface area (Å²) in [5, 5.41) is 20.5. The first-order valence-electron chi connectivity index (χ1n) is 6.68. The number of carboxylic acid groups (broad SMARTS) is 1. The summed E-state index contributed by atoms with van der Waals surface area (Å²) in [5.74, 6) is 0.0318. The van der Waals surface area contributed by atoms with E-state index in [9.17, 15) is 4.79 Å². The first-order valence-corrected chi connectivity index (χ1v) is 7.06. The molecule has 1 saturated carbocycles. The van der Waals surface area contributed by atoms with Crippen LogP contribution in [0.4, 0.5) is 0 Å². The Bertz CT molecular complexity index is 654. The van der Waals surface area contributed by atoms with Crippen molar-refractivity contribution in [2.45, 2.75) is 25.4 Å². The van der Waals surface area contributed by atoms with E-state index in [1.165, 1.54) is 0 Å². The third-order valence-electron chi connectivity index (χ3n) is 3.40. The third-order valence-corrected chi connectivity index (χ3v) is 3.73. The summed E-state index contributed by atoms with van der Waals surface area (Å²) < 4.78 is 5.52. The van der Waals surface area contributed by atoms with Crippen molar-refractivity contribution < 1.29 is 14.3 Å². The van der Waals surface area contributed by atoms with Gasteiger partial charge in [-0.2, -0.15) is 0 Å². The Labute approximate surface area is 126 Å². The zero-order valence-electron chi connectivity index (χ0n) is 11.1. The van der Waals surface area contributed by atoms with Gasteiger partial charge in [-0.15, -0.1) is 10.2 Å². The Morgan fingerprint density at radius 3 is 2.86 bits per heavy atom. The summed E-state index contributed by atoms with van der Waals surface area (Å²) in [6, 6.07) is 6.62. The van der Waals surface area contributed by atoms with Crippen LogP contribution in [0.25, 0.3) is 11.5 Å². The van der Waals surface area contributed by atoms with Crippen LogP contribution in [0.1, 0.15) is 18.7 Å². The summed E-state index contributed by atoms with van der Waals surface area (Å²) in [7, 11) is 0. The van der Waals surface area contributed by atoms with Gasteiger partial charge in [-0.25, -0.2) is 0 Å². The minimum absolute atomic E-state index is 0.202. The monoisotopic (exact) mass is 307 g/mol. The molecule has 0 spiro atoms. The van der Waals surface area contributed by atoms with Crippen molar-refractivity contribution in [3.05, 3.63) is 35.2 Å². The van der Waals surface area contributed by atoms with Gasteiger partial charge in [-0.3, -0.25) is 10.1 Å². The molecule has 21 heavy (non-hydrogen) atoms. The minimum atomic E-state index is -0.844. The number of nitrogens with one attached hydrogen (secondary N) is 1. The lowest BCUT2D eigenvalue weighted by molar-refractivity contribution is -0.140. The first kappa shape index (κ1) is 14.0. The number of rotatable bonds is 6. The van der Waals surface area contributed by atoms with Gasteiger partial charge < -0.3 is 9.52 Å². The average molecular weight is 308 g/mol.